The smallest absolute Gasteiger partial charge is 0.360 e. The summed E-state index contributed by atoms with van der Waals surface area (Å²) in [6, 6.07) is 2.23. The lowest BCUT2D eigenvalue weighted by atomic mass is 10.3. The average molecular weight is 247 g/mol. The fourth-order valence-electron chi connectivity index (χ4n) is 1.71. The van der Waals surface area contributed by atoms with Crippen molar-refractivity contribution in [1.29, 1.82) is 0 Å². The summed E-state index contributed by atoms with van der Waals surface area (Å²) >= 11 is 0. The van der Waals surface area contributed by atoms with Gasteiger partial charge in [-0.3, -0.25) is 0 Å². The Morgan fingerprint density at radius 1 is 1.61 bits per heavy atom. The minimum absolute atomic E-state index is 0.162. The van der Waals surface area contributed by atoms with E-state index in [2.05, 4.69) is 10.1 Å². The van der Waals surface area contributed by atoms with Crippen LogP contribution in [0.1, 0.15) is 41.9 Å². The summed E-state index contributed by atoms with van der Waals surface area (Å²) in [5.74, 6) is 0.0906. The predicted octanol–water partition coefficient (Wildman–Crippen LogP) is 1.91. The average Bonchev–Trinajstić information content (AvgIpc) is 2.93. The van der Waals surface area contributed by atoms with Crippen LogP contribution in [-0.4, -0.2) is 27.3 Å². The zero-order valence-electron chi connectivity index (χ0n) is 10.00. The maximum Gasteiger partial charge on any atom is 0.360 e. The largest absolute Gasteiger partial charge is 0.461 e. The van der Waals surface area contributed by atoms with Crippen molar-refractivity contribution in [2.45, 2.75) is 25.7 Å². The van der Waals surface area contributed by atoms with Gasteiger partial charge in [0.2, 0.25) is 0 Å². The minimum Gasteiger partial charge on any atom is -0.461 e. The normalized spacial score (nSPS) is 14.7. The highest BCUT2D eigenvalue weighted by molar-refractivity contribution is 5.86. The Bertz CT molecular complexity index is 569. The number of esters is 1. The molecule has 1 fully saturated rings. The molecule has 1 saturated carbocycles. The summed E-state index contributed by atoms with van der Waals surface area (Å²) in [7, 11) is 0. The zero-order valence-corrected chi connectivity index (χ0v) is 10.00. The van der Waals surface area contributed by atoms with Gasteiger partial charge in [-0.2, -0.15) is 14.8 Å². The van der Waals surface area contributed by atoms with Crippen molar-refractivity contribution in [1.82, 2.24) is 14.8 Å². The highest BCUT2D eigenvalue weighted by atomic mass is 16.5. The Kier molecular flexibility index (Phi) is 2.62. The summed E-state index contributed by atoms with van der Waals surface area (Å²) < 4.78 is 11.6. The number of aromatic nitrogens is 3. The molecule has 0 atom stereocenters. The van der Waals surface area contributed by atoms with Crippen LogP contribution in [0.5, 0.6) is 0 Å². The third-order valence-corrected chi connectivity index (χ3v) is 2.78. The summed E-state index contributed by atoms with van der Waals surface area (Å²) in [5.41, 5.74) is 1.21. The van der Waals surface area contributed by atoms with E-state index >= 15 is 0 Å². The number of carbonyl (C=O) groups excluding carboxylic acids is 1. The fraction of sp³-hybridized carbons (Fsp3) is 0.417. The van der Waals surface area contributed by atoms with Crippen LogP contribution in [0.3, 0.4) is 0 Å². The van der Waals surface area contributed by atoms with E-state index in [-0.39, 0.29) is 11.7 Å². The predicted molar refractivity (Wildman–Crippen MR) is 61.6 cm³/mol. The van der Waals surface area contributed by atoms with Crippen molar-refractivity contribution in [2.24, 2.45) is 0 Å². The van der Waals surface area contributed by atoms with E-state index in [1.807, 2.05) is 6.07 Å². The Hall–Kier alpha value is -2.11. The molecule has 2 aromatic rings. The summed E-state index contributed by atoms with van der Waals surface area (Å²) in [6.45, 7) is 2.06. The van der Waals surface area contributed by atoms with Gasteiger partial charge in [0.15, 0.2) is 5.69 Å². The van der Waals surface area contributed by atoms with Crippen molar-refractivity contribution >= 4 is 5.97 Å². The molecule has 2 heterocycles. The molecule has 0 unspecified atom stereocenters. The van der Waals surface area contributed by atoms with E-state index in [0.717, 1.165) is 5.69 Å². The molecule has 0 spiro atoms. The first-order valence-corrected chi connectivity index (χ1v) is 5.96. The maximum absolute atomic E-state index is 11.4. The molecule has 6 heteroatoms. The van der Waals surface area contributed by atoms with Gasteiger partial charge in [0.05, 0.1) is 12.3 Å². The summed E-state index contributed by atoms with van der Waals surface area (Å²) in [4.78, 5) is 15.5. The van der Waals surface area contributed by atoms with E-state index in [4.69, 9.17) is 9.15 Å². The van der Waals surface area contributed by atoms with E-state index in [0.29, 0.717) is 12.5 Å². The van der Waals surface area contributed by atoms with Gasteiger partial charge in [0.1, 0.15) is 6.26 Å². The number of ether oxygens (including phenoxy) is 1. The molecule has 0 aliphatic heterocycles. The van der Waals surface area contributed by atoms with Gasteiger partial charge in [-0.25, -0.2) is 4.79 Å². The summed E-state index contributed by atoms with van der Waals surface area (Å²) in [6.07, 6.45) is 5.45. The molecular weight excluding hydrogens is 234 g/mol. The molecule has 0 N–H and O–H groups in total. The maximum atomic E-state index is 11.4. The molecule has 18 heavy (non-hydrogen) atoms. The van der Waals surface area contributed by atoms with Crippen LogP contribution in [0.4, 0.5) is 0 Å². The Labute approximate surface area is 104 Å². The third kappa shape index (κ3) is 2.01. The molecule has 0 bridgehead atoms. The Morgan fingerprint density at radius 2 is 2.44 bits per heavy atom. The first-order valence-electron chi connectivity index (χ1n) is 5.96. The van der Waals surface area contributed by atoms with Gasteiger partial charge in [0, 0.05) is 12.1 Å². The molecule has 94 valence electrons. The third-order valence-electron chi connectivity index (χ3n) is 2.78. The molecule has 0 amide bonds. The first kappa shape index (κ1) is 11.0. The number of hydrogen-bond donors (Lipinski definition) is 0. The molecule has 2 aromatic heterocycles. The number of oxazole rings is 1. The quantitative estimate of drug-likeness (QED) is 0.772. The standard InChI is InChI=1S/C12H13N3O3/c1-2-17-11(16)10-7-18-12(13-10)15-6-5-9(14-15)8-3-4-8/h5-8H,2-4H2,1H3. The second kappa shape index (κ2) is 4.29. The molecule has 3 rings (SSSR count). The zero-order chi connectivity index (χ0) is 12.5. The lowest BCUT2D eigenvalue weighted by Crippen LogP contribution is -2.05. The fourth-order valence-corrected chi connectivity index (χ4v) is 1.71. The van der Waals surface area contributed by atoms with Crippen LogP contribution in [0.25, 0.3) is 6.01 Å². The number of carbonyl (C=O) groups is 1. The lowest BCUT2D eigenvalue weighted by Gasteiger charge is -1.95. The van der Waals surface area contributed by atoms with Crippen LogP contribution in [0, 0.1) is 0 Å². The molecule has 6 nitrogen and oxygen atoms in total. The van der Waals surface area contributed by atoms with Crippen LogP contribution < -0.4 is 0 Å². The van der Waals surface area contributed by atoms with Gasteiger partial charge < -0.3 is 9.15 Å². The summed E-state index contributed by atoms with van der Waals surface area (Å²) in [5, 5.41) is 4.37. The Balaban J connectivity index is 1.80. The van der Waals surface area contributed by atoms with Crippen molar-refractivity contribution in [3.05, 3.63) is 29.9 Å². The first-order chi connectivity index (χ1) is 8.78. The van der Waals surface area contributed by atoms with E-state index in [1.165, 1.54) is 23.8 Å². The minimum atomic E-state index is -0.484. The van der Waals surface area contributed by atoms with Crippen LogP contribution in [0.2, 0.25) is 0 Å². The topological polar surface area (TPSA) is 70.2 Å². The van der Waals surface area contributed by atoms with Gasteiger partial charge in [0.25, 0.3) is 0 Å². The van der Waals surface area contributed by atoms with Gasteiger partial charge in [-0.05, 0) is 25.8 Å². The number of nitrogens with zero attached hydrogens (tertiary/aromatic N) is 3. The van der Waals surface area contributed by atoms with Crippen LogP contribution in [-0.2, 0) is 4.74 Å². The van der Waals surface area contributed by atoms with Gasteiger partial charge >= 0.3 is 12.0 Å². The van der Waals surface area contributed by atoms with E-state index in [1.54, 1.807) is 13.1 Å². The highest BCUT2D eigenvalue weighted by Crippen LogP contribution is 2.38. The second-order valence-corrected chi connectivity index (χ2v) is 4.20. The molecule has 0 aromatic carbocycles. The van der Waals surface area contributed by atoms with E-state index in [9.17, 15) is 4.79 Å². The lowest BCUT2D eigenvalue weighted by molar-refractivity contribution is 0.0519. The van der Waals surface area contributed by atoms with Crippen molar-refractivity contribution in [2.75, 3.05) is 6.61 Å². The molecule has 1 aliphatic rings. The molecule has 1 aliphatic carbocycles. The van der Waals surface area contributed by atoms with Gasteiger partial charge in [-0.15, -0.1) is 0 Å². The van der Waals surface area contributed by atoms with Gasteiger partial charge in [-0.1, -0.05) is 0 Å². The van der Waals surface area contributed by atoms with Crippen LogP contribution >= 0.6 is 0 Å². The SMILES string of the molecule is CCOC(=O)c1coc(-n2ccc(C3CC3)n2)n1. The van der Waals surface area contributed by atoms with Crippen molar-refractivity contribution in [3.63, 3.8) is 0 Å². The monoisotopic (exact) mass is 247 g/mol. The molecule has 0 saturated heterocycles. The number of rotatable bonds is 4. The highest BCUT2D eigenvalue weighted by Gasteiger charge is 2.26. The van der Waals surface area contributed by atoms with Crippen molar-refractivity contribution < 1.29 is 13.9 Å². The number of hydrogen-bond acceptors (Lipinski definition) is 5. The van der Waals surface area contributed by atoms with Crippen molar-refractivity contribution in [3.8, 4) is 6.01 Å². The van der Waals surface area contributed by atoms with E-state index < -0.39 is 5.97 Å². The molecule has 0 radical (unpaired) electrons. The molecular formula is C12H13N3O3. The van der Waals surface area contributed by atoms with Crippen LogP contribution in [0.15, 0.2) is 22.9 Å². The second-order valence-electron chi connectivity index (χ2n) is 4.20. The Morgan fingerprint density at radius 3 is 3.17 bits per heavy atom.